The number of anilines is 1. The lowest BCUT2D eigenvalue weighted by atomic mass is 10.1. The van der Waals surface area contributed by atoms with Gasteiger partial charge in [-0.3, -0.25) is 0 Å². The molecule has 0 radical (unpaired) electrons. The molecule has 6 heteroatoms. The lowest BCUT2D eigenvalue weighted by Crippen LogP contribution is -2.14. The van der Waals surface area contributed by atoms with Crippen LogP contribution in [0.2, 0.25) is 5.02 Å². The predicted molar refractivity (Wildman–Crippen MR) is 89.1 cm³/mol. The largest absolute Gasteiger partial charge is 0.387 e. The van der Waals surface area contributed by atoms with Gasteiger partial charge in [-0.2, -0.15) is 0 Å². The molecule has 0 aliphatic rings. The maximum absolute atomic E-state index is 13.5. The zero-order valence-electron chi connectivity index (χ0n) is 12.4. The van der Waals surface area contributed by atoms with Gasteiger partial charge in [-0.05, 0) is 36.8 Å². The third-order valence-electron chi connectivity index (χ3n) is 3.54. The molecule has 0 amide bonds. The van der Waals surface area contributed by atoms with Gasteiger partial charge < -0.3 is 10.4 Å². The first-order valence-corrected chi connectivity index (χ1v) is 7.52. The van der Waals surface area contributed by atoms with Gasteiger partial charge in [0.05, 0.1) is 27.9 Å². The van der Waals surface area contributed by atoms with Crippen molar-refractivity contribution in [2.24, 2.45) is 0 Å². The van der Waals surface area contributed by atoms with Crippen LogP contribution in [0.3, 0.4) is 0 Å². The summed E-state index contributed by atoms with van der Waals surface area (Å²) >= 11 is 5.64. The second-order valence-electron chi connectivity index (χ2n) is 5.22. The van der Waals surface area contributed by atoms with Crippen LogP contribution < -0.4 is 5.32 Å². The van der Waals surface area contributed by atoms with Crippen LogP contribution in [0.5, 0.6) is 0 Å². The fourth-order valence-electron chi connectivity index (χ4n) is 2.29. The highest BCUT2D eigenvalue weighted by Gasteiger charge is 2.12. The van der Waals surface area contributed by atoms with Crippen molar-refractivity contribution < 1.29 is 9.50 Å². The zero-order valence-corrected chi connectivity index (χ0v) is 13.2. The monoisotopic (exact) mass is 331 g/mol. The third-order valence-corrected chi connectivity index (χ3v) is 3.84. The maximum Gasteiger partial charge on any atom is 0.148 e. The summed E-state index contributed by atoms with van der Waals surface area (Å²) in [4.78, 5) is 8.96. The number of halogens is 2. The van der Waals surface area contributed by atoms with Crippen LogP contribution in [0.25, 0.3) is 11.0 Å². The summed E-state index contributed by atoms with van der Waals surface area (Å²) in [5, 5.41) is 13.3. The molecule has 1 aromatic heterocycles. The van der Waals surface area contributed by atoms with Gasteiger partial charge in [0, 0.05) is 6.54 Å². The number of aryl methyl sites for hydroxylation is 1. The van der Waals surface area contributed by atoms with Crippen LogP contribution in [0.4, 0.5) is 10.2 Å². The predicted octanol–water partition coefficient (Wildman–Crippen LogP) is 3.88. The fourth-order valence-corrected chi connectivity index (χ4v) is 2.40. The Hall–Kier alpha value is -2.24. The number of para-hydroxylation sites is 2. The number of aromatic nitrogens is 2. The highest BCUT2D eigenvalue weighted by molar-refractivity contribution is 6.30. The van der Waals surface area contributed by atoms with E-state index in [2.05, 4.69) is 15.3 Å². The Morgan fingerprint density at radius 1 is 1.17 bits per heavy atom. The number of nitrogens with one attached hydrogen (secondary N) is 1. The van der Waals surface area contributed by atoms with Crippen LogP contribution in [-0.2, 0) is 0 Å². The Bertz CT molecular complexity index is 856. The molecule has 2 aromatic carbocycles. The standard InChI is InChI=1S/C17H15ClFN3O/c1-10-17(22-15-5-3-2-4-14(15)21-10)20-9-16(23)11-6-7-12(18)13(19)8-11/h2-8,16,23H,9H2,1H3,(H,20,22). The van der Waals surface area contributed by atoms with Crippen molar-refractivity contribution >= 4 is 28.5 Å². The van der Waals surface area contributed by atoms with Crippen molar-refractivity contribution in [2.75, 3.05) is 11.9 Å². The van der Waals surface area contributed by atoms with E-state index in [9.17, 15) is 9.50 Å². The molecule has 0 bridgehead atoms. The van der Waals surface area contributed by atoms with E-state index in [0.717, 1.165) is 16.7 Å². The van der Waals surface area contributed by atoms with Crippen molar-refractivity contribution in [1.29, 1.82) is 0 Å². The van der Waals surface area contributed by atoms with Gasteiger partial charge in [-0.25, -0.2) is 14.4 Å². The second-order valence-corrected chi connectivity index (χ2v) is 5.62. The van der Waals surface area contributed by atoms with Crippen molar-refractivity contribution in [2.45, 2.75) is 13.0 Å². The van der Waals surface area contributed by atoms with Crippen LogP contribution in [-0.4, -0.2) is 21.6 Å². The number of aliphatic hydroxyl groups is 1. The van der Waals surface area contributed by atoms with Gasteiger partial charge >= 0.3 is 0 Å². The van der Waals surface area contributed by atoms with Crippen LogP contribution >= 0.6 is 11.6 Å². The third kappa shape index (κ3) is 3.41. The molecule has 1 heterocycles. The molecule has 0 saturated carbocycles. The average molecular weight is 332 g/mol. The smallest absolute Gasteiger partial charge is 0.148 e. The van der Waals surface area contributed by atoms with Crippen LogP contribution in [0.1, 0.15) is 17.4 Å². The van der Waals surface area contributed by atoms with Gasteiger partial charge in [0.1, 0.15) is 11.6 Å². The number of rotatable bonds is 4. The Balaban J connectivity index is 1.77. The first-order valence-electron chi connectivity index (χ1n) is 7.15. The highest BCUT2D eigenvalue weighted by Crippen LogP contribution is 2.21. The number of aliphatic hydroxyl groups excluding tert-OH is 1. The van der Waals surface area contributed by atoms with E-state index in [1.165, 1.54) is 12.1 Å². The minimum Gasteiger partial charge on any atom is -0.387 e. The number of fused-ring (bicyclic) bond motifs is 1. The van der Waals surface area contributed by atoms with Crippen molar-refractivity contribution in [3.05, 3.63) is 64.6 Å². The molecule has 2 N–H and O–H groups in total. The summed E-state index contributed by atoms with van der Waals surface area (Å²) in [6, 6.07) is 11.8. The van der Waals surface area contributed by atoms with Gasteiger partial charge in [0.15, 0.2) is 0 Å². The van der Waals surface area contributed by atoms with Gasteiger partial charge in [0.25, 0.3) is 0 Å². The Morgan fingerprint density at radius 3 is 2.57 bits per heavy atom. The summed E-state index contributed by atoms with van der Waals surface area (Å²) in [6.45, 7) is 2.03. The van der Waals surface area contributed by atoms with E-state index in [1.807, 2.05) is 31.2 Å². The van der Waals surface area contributed by atoms with Crippen molar-refractivity contribution in [3.8, 4) is 0 Å². The van der Waals surface area contributed by atoms with E-state index >= 15 is 0 Å². The first-order chi connectivity index (χ1) is 11.0. The highest BCUT2D eigenvalue weighted by atomic mass is 35.5. The van der Waals surface area contributed by atoms with E-state index in [0.29, 0.717) is 11.4 Å². The molecule has 0 spiro atoms. The molecule has 0 fully saturated rings. The van der Waals surface area contributed by atoms with Gasteiger partial charge in [-0.15, -0.1) is 0 Å². The number of hydrogen-bond donors (Lipinski definition) is 2. The zero-order chi connectivity index (χ0) is 16.4. The summed E-state index contributed by atoms with van der Waals surface area (Å²) < 4.78 is 13.5. The van der Waals surface area contributed by atoms with E-state index in [1.54, 1.807) is 6.07 Å². The molecule has 1 unspecified atom stereocenters. The lowest BCUT2D eigenvalue weighted by molar-refractivity contribution is 0.191. The molecule has 1 atom stereocenters. The molecule has 0 aliphatic carbocycles. The minimum absolute atomic E-state index is 0.0325. The molecule has 3 rings (SSSR count). The normalized spacial score (nSPS) is 12.3. The van der Waals surface area contributed by atoms with Crippen molar-refractivity contribution in [1.82, 2.24) is 9.97 Å². The van der Waals surface area contributed by atoms with Gasteiger partial charge in [-0.1, -0.05) is 29.8 Å². The molecule has 0 saturated heterocycles. The number of benzene rings is 2. The van der Waals surface area contributed by atoms with E-state index < -0.39 is 11.9 Å². The lowest BCUT2D eigenvalue weighted by Gasteiger charge is -2.14. The maximum atomic E-state index is 13.5. The molecule has 23 heavy (non-hydrogen) atoms. The Morgan fingerprint density at radius 2 is 1.87 bits per heavy atom. The summed E-state index contributed by atoms with van der Waals surface area (Å²) in [5.74, 6) is 0.0436. The topological polar surface area (TPSA) is 58.0 Å². The molecule has 0 aliphatic heterocycles. The summed E-state index contributed by atoms with van der Waals surface area (Å²) in [7, 11) is 0. The first kappa shape index (κ1) is 15.6. The molecule has 118 valence electrons. The Kier molecular flexibility index (Phi) is 4.41. The number of nitrogens with zero attached hydrogens (tertiary/aromatic N) is 2. The van der Waals surface area contributed by atoms with E-state index in [4.69, 9.17) is 11.6 Å². The molecular formula is C17H15ClFN3O. The SMILES string of the molecule is Cc1nc2ccccc2nc1NCC(O)c1ccc(Cl)c(F)c1. The average Bonchev–Trinajstić information content (AvgIpc) is 2.55. The summed E-state index contributed by atoms with van der Waals surface area (Å²) in [6.07, 6.45) is -0.880. The fraction of sp³-hybridized carbons (Fsp3) is 0.176. The molecule has 4 nitrogen and oxygen atoms in total. The van der Waals surface area contributed by atoms with Crippen LogP contribution in [0.15, 0.2) is 42.5 Å². The van der Waals surface area contributed by atoms with Gasteiger partial charge in [0.2, 0.25) is 0 Å². The minimum atomic E-state index is -0.880. The second kappa shape index (κ2) is 6.48. The molecule has 3 aromatic rings. The number of hydrogen-bond acceptors (Lipinski definition) is 4. The van der Waals surface area contributed by atoms with Crippen molar-refractivity contribution in [3.63, 3.8) is 0 Å². The van der Waals surface area contributed by atoms with E-state index in [-0.39, 0.29) is 11.6 Å². The summed E-state index contributed by atoms with van der Waals surface area (Å²) in [5.41, 5.74) is 2.77. The van der Waals surface area contributed by atoms with Crippen LogP contribution in [0, 0.1) is 12.7 Å². The molecular weight excluding hydrogens is 317 g/mol. The quantitative estimate of drug-likeness (QED) is 0.762. The Labute approximate surface area is 138 Å².